The predicted octanol–water partition coefficient (Wildman–Crippen LogP) is 3.78. The second kappa shape index (κ2) is 7.62. The number of nitrogens with one attached hydrogen (secondary N) is 1. The van der Waals surface area contributed by atoms with Gasteiger partial charge in [-0.1, -0.05) is 31.0 Å². The van der Waals surface area contributed by atoms with Crippen molar-refractivity contribution in [1.82, 2.24) is 10.2 Å². The van der Waals surface area contributed by atoms with Crippen molar-refractivity contribution in [1.29, 1.82) is 5.26 Å². The molecule has 2 aromatic rings. The lowest BCUT2D eigenvalue weighted by Crippen LogP contribution is -2.13. The van der Waals surface area contributed by atoms with Crippen LogP contribution in [0.5, 0.6) is 0 Å². The molecule has 0 aromatic carbocycles. The third kappa shape index (κ3) is 4.12. The molecule has 23 heavy (non-hydrogen) atoms. The van der Waals surface area contributed by atoms with Crippen LogP contribution in [0.2, 0.25) is 0 Å². The minimum absolute atomic E-state index is 0.176. The van der Waals surface area contributed by atoms with Crippen LogP contribution in [0.15, 0.2) is 21.1 Å². The number of nitrogens with zero attached hydrogens (tertiary/aromatic N) is 3. The van der Waals surface area contributed by atoms with Crippen molar-refractivity contribution >= 4 is 34.0 Å². The second-order valence-corrected chi connectivity index (χ2v) is 7.20. The van der Waals surface area contributed by atoms with Gasteiger partial charge in [0.25, 0.3) is 5.22 Å². The summed E-state index contributed by atoms with van der Waals surface area (Å²) in [6, 6.07) is 3.72. The van der Waals surface area contributed by atoms with Gasteiger partial charge in [-0.3, -0.25) is 4.79 Å². The topological polar surface area (TPSA) is 91.8 Å². The van der Waals surface area contributed by atoms with Gasteiger partial charge in [0.1, 0.15) is 11.1 Å². The Kier molecular flexibility index (Phi) is 5.31. The quantitative estimate of drug-likeness (QED) is 0.827. The standard InChI is InChI=1S/C15H16N4O2S2/c16-8-11-6-7-22-14(11)17-12(20)9-23-15-19-18-13(21-15)10-4-2-1-3-5-10/h6-7,10H,1-5,9H2,(H,17,20). The third-order valence-electron chi connectivity index (χ3n) is 3.74. The molecular weight excluding hydrogens is 332 g/mol. The minimum atomic E-state index is -0.189. The highest BCUT2D eigenvalue weighted by molar-refractivity contribution is 7.99. The number of rotatable bonds is 5. The van der Waals surface area contributed by atoms with E-state index in [1.165, 1.54) is 42.4 Å². The molecule has 1 aliphatic rings. The molecule has 1 fully saturated rings. The predicted molar refractivity (Wildman–Crippen MR) is 88.5 cm³/mol. The lowest BCUT2D eigenvalue weighted by atomic mass is 9.89. The maximum absolute atomic E-state index is 11.9. The summed E-state index contributed by atoms with van der Waals surface area (Å²) < 4.78 is 5.66. The Morgan fingerprint density at radius 1 is 1.43 bits per heavy atom. The SMILES string of the molecule is N#Cc1ccsc1NC(=O)CSc1nnc(C2CCCCC2)o1. The lowest BCUT2D eigenvalue weighted by molar-refractivity contribution is -0.113. The van der Waals surface area contributed by atoms with Gasteiger partial charge in [0, 0.05) is 5.92 Å². The number of amides is 1. The Bertz CT molecular complexity index is 713. The molecule has 8 heteroatoms. The van der Waals surface area contributed by atoms with Crippen LogP contribution < -0.4 is 5.32 Å². The Hall–Kier alpha value is -1.85. The van der Waals surface area contributed by atoms with Gasteiger partial charge in [-0.15, -0.1) is 21.5 Å². The molecule has 3 rings (SSSR count). The molecule has 0 unspecified atom stereocenters. The van der Waals surface area contributed by atoms with Gasteiger partial charge in [0.15, 0.2) is 0 Å². The van der Waals surface area contributed by atoms with Gasteiger partial charge in [-0.25, -0.2) is 0 Å². The minimum Gasteiger partial charge on any atom is -0.416 e. The highest BCUT2D eigenvalue weighted by atomic mass is 32.2. The number of carbonyl (C=O) groups is 1. The molecule has 1 aliphatic carbocycles. The first-order valence-corrected chi connectivity index (χ1v) is 9.36. The Labute approximate surface area is 142 Å². The van der Waals surface area contributed by atoms with Crippen LogP contribution in [0, 0.1) is 11.3 Å². The number of nitriles is 1. The van der Waals surface area contributed by atoms with E-state index in [9.17, 15) is 4.79 Å². The summed E-state index contributed by atoms with van der Waals surface area (Å²) in [4.78, 5) is 11.9. The number of carbonyl (C=O) groups excluding carboxylic acids is 1. The van der Waals surface area contributed by atoms with Gasteiger partial charge < -0.3 is 9.73 Å². The molecule has 2 aromatic heterocycles. The summed E-state index contributed by atoms with van der Waals surface area (Å²) in [6.45, 7) is 0. The average molecular weight is 348 g/mol. The van der Waals surface area contributed by atoms with E-state index in [0.717, 1.165) is 12.8 Å². The van der Waals surface area contributed by atoms with Crippen LogP contribution in [0.4, 0.5) is 5.00 Å². The Morgan fingerprint density at radius 2 is 2.26 bits per heavy atom. The zero-order valence-electron chi connectivity index (χ0n) is 12.4. The molecule has 0 radical (unpaired) electrons. The van der Waals surface area contributed by atoms with Crippen LogP contribution in [0.3, 0.4) is 0 Å². The number of aromatic nitrogens is 2. The van der Waals surface area contributed by atoms with Gasteiger partial charge in [-0.05, 0) is 24.3 Å². The fraction of sp³-hybridized carbons (Fsp3) is 0.467. The van der Waals surface area contributed by atoms with Gasteiger partial charge in [0.05, 0.1) is 11.3 Å². The number of thiophene rings is 1. The fourth-order valence-electron chi connectivity index (χ4n) is 2.58. The van der Waals surface area contributed by atoms with E-state index < -0.39 is 0 Å². The second-order valence-electron chi connectivity index (χ2n) is 5.35. The fourth-order valence-corrected chi connectivity index (χ4v) is 3.90. The first kappa shape index (κ1) is 16.0. The number of hydrogen-bond donors (Lipinski definition) is 1. The molecule has 0 aliphatic heterocycles. The molecule has 1 amide bonds. The number of hydrogen-bond acceptors (Lipinski definition) is 7. The van der Waals surface area contributed by atoms with Crippen molar-refractivity contribution in [2.75, 3.05) is 11.1 Å². The molecule has 0 bridgehead atoms. The van der Waals surface area contributed by atoms with E-state index in [2.05, 4.69) is 15.5 Å². The number of anilines is 1. The average Bonchev–Trinajstić information content (AvgIpc) is 3.23. The molecule has 0 saturated heterocycles. The van der Waals surface area contributed by atoms with Crippen molar-refractivity contribution in [2.24, 2.45) is 0 Å². The Balaban J connectivity index is 1.51. The van der Waals surface area contributed by atoms with Crippen LogP contribution in [0.1, 0.15) is 49.5 Å². The lowest BCUT2D eigenvalue weighted by Gasteiger charge is -2.17. The highest BCUT2D eigenvalue weighted by Crippen LogP contribution is 2.33. The zero-order valence-corrected chi connectivity index (χ0v) is 14.1. The normalized spacial score (nSPS) is 15.3. The van der Waals surface area contributed by atoms with E-state index in [-0.39, 0.29) is 11.7 Å². The van der Waals surface area contributed by atoms with Crippen molar-refractivity contribution in [3.8, 4) is 6.07 Å². The largest absolute Gasteiger partial charge is 0.416 e. The molecule has 1 saturated carbocycles. The maximum Gasteiger partial charge on any atom is 0.277 e. The summed E-state index contributed by atoms with van der Waals surface area (Å²) >= 11 is 2.55. The highest BCUT2D eigenvalue weighted by Gasteiger charge is 2.21. The summed E-state index contributed by atoms with van der Waals surface area (Å²) in [5, 5.41) is 22.5. The molecule has 6 nitrogen and oxygen atoms in total. The van der Waals surface area contributed by atoms with Crippen molar-refractivity contribution in [3.63, 3.8) is 0 Å². The molecule has 0 atom stereocenters. The zero-order chi connectivity index (χ0) is 16.1. The van der Waals surface area contributed by atoms with E-state index in [4.69, 9.17) is 9.68 Å². The number of thioether (sulfide) groups is 1. The summed E-state index contributed by atoms with van der Waals surface area (Å²) in [7, 11) is 0. The maximum atomic E-state index is 11.9. The Morgan fingerprint density at radius 3 is 3.04 bits per heavy atom. The molecule has 1 N–H and O–H groups in total. The van der Waals surface area contributed by atoms with Crippen LogP contribution in [0.25, 0.3) is 0 Å². The summed E-state index contributed by atoms with van der Waals surface area (Å²) in [5.74, 6) is 1.04. The van der Waals surface area contributed by atoms with Gasteiger partial charge in [0.2, 0.25) is 11.8 Å². The molecular formula is C15H16N4O2S2. The van der Waals surface area contributed by atoms with Crippen molar-refractivity contribution in [3.05, 3.63) is 22.9 Å². The molecule has 2 heterocycles. The smallest absolute Gasteiger partial charge is 0.277 e. The van der Waals surface area contributed by atoms with E-state index in [1.54, 1.807) is 11.4 Å². The van der Waals surface area contributed by atoms with Gasteiger partial charge in [-0.2, -0.15) is 5.26 Å². The van der Waals surface area contributed by atoms with Crippen molar-refractivity contribution in [2.45, 2.75) is 43.2 Å². The van der Waals surface area contributed by atoms with Crippen molar-refractivity contribution < 1.29 is 9.21 Å². The monoisotopic (exact) mass is 348 g/mol. The van der Waals surface area contributed by atoms with E-state index in [1.807, 2.05) is 6.07 Å². The molecule has 120 valence electrons. The first-order valence-electron chi connectivity index (χ1n) is 7.50. The third-order valence-corrected chi connectivity index (χ3v) is 5.39. The van der Waals surface area contributed by atoms with Gasteiger partial charge >= 0.3 is 0 Å². The molecule has 0 spiro atoms. The van der Waals surface area contributed by atoms with Crippen LogP contribution >= 0.6 is 23.1 Å². The first-order chi connectivity index (χ1) is 11.3. The van der Waals surface area contributed by atoms with Crippen LogP contribution in [-0.2, 0) is 4.79 Å². The summed E-state index contributed by atoms with van der Waals surface area (Å²) in [6.07, 6.45) is 5.89. The van der Waals surface area contributed by atoms with Crippen LogP contribution in [-0.4, -0.2) is 21.9 Å². The summed E-state index contributed by atoms with van der Waals surface area (Å²) in [5.41, 5.74) is 0.478. The van der Waals surface area contributed by atoms with E-state index in [0.29, 0.717) is 27.6 Å². The van der Waals surface area contributed by atoms with E-state index >= 15 is 0 Å².